The molecular weight excluding hydrogens is 260 g/mol. The van der Waals surface area contributed by atoms with Gasteiger partial charge in [0.25, 0.3) is 0 Å². The minimum atomic E-state index is -1.48. The average Bonchev–Trinajstić information content (AvgIpc) is 2.37. The maximum Gasteiger partial charge on any atom is 0.191 e. The summed E-state index contributed by atoms with van der Waals surface area (Å²) in [7, 11) is -1.48. The van der Waals surface area contributed by atoms with E-state index in [0.29, 0.717) is 12.0 Å². The van der Waals surface area contributed by atoms with Crippen LogP contribution in [0.3, 0.4) is 0 Å². The molecule has 1 saturated carbocycles. The number of rotatable bonds is 4. The number of allylic oxidation sites excluding steroid dienone is 1. The fraction of sp³-hybridized carbons (Fsp3) is 0.778. The largest absolute Gasteiger partial charge is 0.410 e. The second-order valence-corrected chi connectivity index (χ2v) is 11.9. The Kier molecular flexibility index (Phi) is 5.30. The molecule has 2 aliphatic rings. The summed E-state index contributed by atoms with van der Waals surface area (Å²) in [5, 5.41) is 0. The molecule has 20 heavy (non-hydrogen) atoms. The molecule has 1 unspecified atom stereocenters. The summed E-state index contributed by atoms with van der Waals surface area (Å²) in [6.07, 6.45) is 10.8. The third-order valence-electron chi connectivity index (χ3n) is 4.71. The van der Waals surface area contributed by atoms with E-state index in [2.05, 4.69) is 39.6 Å². The quantitative estimate of drug-likeness (QED) is 0.604. The second kappa shape index (κ2) is 6.61. The lowest BCUT2D eigenvalue weighted by atomic mass is 9.80. The Balaban J connectivity index is 2.16. The molecular formula is C18H32OSi. The van der Waals surface area contributed by atoms with Gasteiger partial charge in [-0.05, 0) is 61.4 Å². The van der Waals surface area contributed by atoms with Crippen LogP contribution in [0.15, 0.2) is 23.8 Å². The van der Waals surface area contributed by atoms with Crippen molar-refractivity contribution >= 4 is 8.32 Å². The van der Waals surface area contributed by atoms with Crippen molar-refractivity contribution in [3.05, 3.63) is 23.8 Å². The van der Waals surface area contributed by atoms with Crippen molar-refractivity contribution in [2.75, 3.05) is 0 Å². The van der Waals surface area contributed by atoms with E-state index in [0.717, 1.165) is 18.4 Å². The van der Waals surface area contributed by atoms with Gasteiger partial charge in [0.05, 0.1) is 6.10 Å². The van der Waals surface area contributed by atoms with Gasteiger partial charge in [-0.3, -0.25) is 0 Å². The second-order valence-electron chi connectivity index (χ2n) is 7.76. The normalized spacial score (nSPS) is 27.4. The first-order chi connectivity index (χ1) is 9.39. The zero-order valence-corrected chi connectivity index (χ0v) is 14.9. The third kappa shape index (κ3) is 4.08. The van der Waals surface area contributed by atoms with Gasteiger partial charge < -0.3 is 4.43 Å². The summed E-state index contributed by atoms with van der Waals surface area (Å²) in [6, 6.07) is 1.16. The first-order valence-electron chi connectivity index (χ1n) is 8.45. The van der Waals surface area contributed by atoms with E-state index in [-0.39, 0.29) is 0 Å². The van der Waals surface area contributed by atoms with E-state index in [1.165, 1.54) is 43.3 Å². The summed E-state index contributed by atoms with van der Waals surface area (Å²) in [5.41, 5.74) is 2.79. The molecule has 2 heteroatoms. The van der Waals surface area contributed by atoms with Crippen LogP contribution >= 0.6 is 0 Å². The van der Waals surface area contributed by atoms with Gasteiger partial charge in [-0.15, -0.1) is 0 Å². The molecule has 1 heterocycles. The van der Waals surface area contributed by atoms with Crippen molar-refractivity contribution in [3.8, 4) is 0 Å². The highest BCUT2D eigenvalue weighted by atomic mass is 28.4. The average molecular weight is 293 g/mol. The van der Waals surface area contributed by atoms with E-state index in [1.807, 2.05) is 0 Å². The Labute approximate surface area is 126 Å². The fourth-order valence-corrected chi connectivity index (χ4v) is 5.49. The van der Waals surface area contributed by atoms with E-state index in [9.17, 15) is 0 Å². The monoisotopic (exact) mass is 292 g/mol. The fourth-order valence-electron chi connectivity index (χ4n) is 3.67. The van der Waals surface area contributed by atoms with Crippen molar-refractivity contribution in [2.24, 2.45) is 11.8 Å². The molecule has 1 aliphatic heterocycles. The van der Waals surface area contributed by atoms with Gasteiger partial charge in [-0.2, -0.15) is 0 Å². The highest BCUT2D eigenvalue weighted by Gasteiger charge is 2.37. The van der Waals surface area contributed by atoms with Crippen molar-refractivity contribution in [1.82, 2.24) is 0 Å². The van der Waals surface area contributed by atoms with Crippen LogP contribution in [0.25, 0.3) is 0 Å². The van der Waals surface area contributed by atoms with Gasteiger partial charge in [-0.1, -0.05) is 45.8 Å². The molecule has 1 fully saturated rings. The van der Waals surface area contributed by atoms with Gasteiger partial charge in [-0.25, -0.2) is 0 Å². The van der Waals surface area contributed by atoms with Crippen LogP contribution in [0, 0.1) is 11.8 Å². The Morgan fingerprint density at radius 2 is 1.95 bits per heavy atom. The molecule has 0 N–H and O–H groups in total. The maximum absolute atomic E-state index is 6.64. The van der Waals surface area contributed by atoms with Gasteiger partial charge in [0.15, 0.2) is 8.32 Å². The lowest BCUT2D eigenvalue weighted by Gasteiger charge is -2.41. The van der Waals surface area contributed by atoms with Crippen molar-refractivity contribution in [2.45, 2.75) is 77.6 Å². The van der Waals surface area contributed by atoms with Gasteiger partial charge >= 0.3 is 0 Å². The molecule has 0 radical (unpaired) electrons. The van der Waals surface area contributed by atoms with E-state index in [1.54, 1.807) is 0 Å². The first-order valence-corrected chi connectivity index (χ1v) is 11.6. The summed E-state index contributed by atoms with van der Waals surface area (Å²) >= 11 is 0. The van der Waals surface area contributed by atoms with Crippen molar-refractivity contribution in [1.29, 1.82) is 0 Å². The Morgan fingerprint density at radius 3 is 2.55 bits per heavy atom. The van der Waals surface area contributed by atoms with Crippen LogP contribution < -0.4 is 0 Å². The number of hydrogen-bond donors (Lipinski definition) is 0. The molecule has 1 aliphatic carbocycles. The molecule has 2 rings (SSSR count). The van der Waals surface area contributed by atoms with E-state index in [4.69, 9.17) is 4.43 Å². The zero-order chi connectivity index (χ0) is 14.8. The van der Waals surface area contributed by atoms with E-state index >= 15 is 0 Å². The van der Waals surface area contributed by atoms with Crippen LogP contribution in [-0.2, 0) is 4.43 Å². The molecule has 0 saturated heterocycles. The molecule has 0 amide bonds. The van der Waals surface area contributed by atoms with Gasteiger partial charge in [0, 0.05) is 0 Å². The van der Waals surface area contributed by atoms with E-state index < -0.39 is 8.32 Å². The summed E-state index contributed by atoms with van der Waals surface area (Å²) < 4.78 is 6.64. The summed E-state index contributed by atoms with van der Waals surface area (Å²) in [5.74, 6) is 1.42. The molecule has 114 valence electrons. The molecule has 0 aromatic rings. The third-order valence-corrected chi connectivity index (χ3v) is 6.79. The maximum atomic E-state index is 6.64. The minimum absolute atomic E-state index is 0.358. The summed E-state index contributed by atoms with van der Waals surface area (Å²) in [6.45, 7) is 13.7. The predicted octanol–water partition coefficient (Wildman–Crippen LogP) is 5.70. The smallest absolute Gasteiger partial charge is 0.191 e. The van der Waals surface area contributed by atoms with Crippen LogP contribution in [0.4, 0.5) is 0 Å². The Morgan fingerprint density at radius 1 is 1.30 bits per heavy atom. The first kappa shape index (κ1) is 16.0. The Hall–Kier alpha value is -0.343. The molecule has 0 aromatic heterocycles. The minimum Gasteiger partial charge on any atom is -0.410 e. The molecule has 1 nitrogen and oxygen atoms in total. The standard InChI is InChI=1S/C18H32OSi/c1-14(2)13-15(3)17-11-12-20(4,5)19-18(17)16-9-7-6-8-10-16/h11,14,16,18H,3,6-10,12-13H2,1-2,4-5H3. The lowest BCUT2D eigenvalue weighted by molar-refractivity contribution is 0.126. The molecule has 0 aromatic carbocycles. The topological polar surface area (TPSA) is 9.23 Å². The van der Waals surface area contributed by atoms with Crippen molar-refractivity contribution in [3.63, 3.8) is 0 Å². The van der Waals surface area contributed by atoms with Crippen LogP contribution in [-0.4, -0.2) is 14.4 Å². The van der Waals surface area contributed by atoms with Crippen LogP contribution in [0.5, 0.6) is 0 Å². The van der Waals surface area contributed by atoms with Crippen LogP contribution in [0.1, 0.15) is 52.4 Å². The molecule has 0 spiro atoms. The Bertz CT molecular complexity index is 375. The van der Waals surface area contributed by atoms with Crippen LogP contribution in [0.2, 0.25) is 19.1 Å². The lowest BCUT2D eigenvalue weighted by Crippen LogP contribution is -2.43. The van der Waals surface area contributed by atoms with Crippen molar-refractivity contribution < 1.29 is 4.43 Å². The van der Waals surface area contributed by atoms with Gasteiger partial charge in [0.2, 0.25) is 0 Å². The highest BCUT2D eigenvalue weighted by Crippen LogP contribution is 2.39. The predicted molar refractivity (Wildman–Crippen MR) is 90.4 cm³/mol. The highest BCUT2D eigenvalue weighted by molar-refractivity contribution is 6.71. The molecule has 0 bridgehead atoms. The van der Waals surface area contributed by atoms with Gasteiger partial charge in [0.1, 0.15) is 0 Å². The molecule has 1 atom stereocenters. The number of hydrogen-bond acceptors (Lipinski definition) is 1. The summed E-state index contributed by atoms with van der Waals surface area (Å²) in [4.78, 5) is 0. The SMILES string of the molecule is C=C(CC(C)C)C1=CC[Si](C)(C)OC1C1CCCCC1. The zero-order valence-electron chi connectivity index (χ0n) is 13.9.